The van der Waals surface area contributed by atoms with Crippen molar-refractivity contribution in [2.24, 2.45) is 0 Å². The number of pyridine rings is 1. The molecule has 0 unspecified atom stereocenters. The highest BCUT2D eigenvalue weighted by atomic mass is 16.5. The van der Waals surface area contributed by atoms with E-state index in [0.29, 0.717) is 13.2 Å². The molecular weight excluding hydrogens is 354 g/mol. The van der Waals surface area contributed by atoms with Gasteiger partial charge < -0.3 is 14.6 Å². The normalized spacial score (nSPS) is 12.0. The van der Waals surface area contributed by atoms with Crippen molar-refractivity contribution in [2.75, 3.05) is 13.7 Å². The Morgan fingerprint density at radius 2 is 1.71 bits per heavy atom. The summed E-state index contributed by atoms with van der Waals surface area (Å²) in [6.07, 6.45) is 12.5. The molecule has 1 rings (SSSR count). The van der Waals surface area contributed by atoms with Crippen LogP contribution < -0.4 is 4.74 Å². The number of allylic oxidation sites excluding steroid dienone is 5. The minimum absolute atomic E-state index is 0.0915. The van der Waals surface area contributed by atoms with Crippen molar-refractivity contribution in [3.8, 4) is 5.75 Å². The third-order valence-electron chi connectivity index (χ3n) is 4.27. The zero-order chi connectivity index (χ0) is 20.9. The van der Waals surface area contributed by atoms with E-state index in [0.717, 1.165) is 31.2 Å². The largest absolute Gasteiger partial charge is 0.494 e. The summed E-state index contributed by atoms with van der Waals surface area (Å²) >= 11 is 0. The first-order valence-electron chi connectivity index (χ1n) is 9.62. The Labute approximate surface area is 168 Å². The monoisotopic (exact) mass is 387 g/mol. The van der Waals surface area contributed by atoms with Gasteiger partial charge in [-0.1, -0.05) is 34.9 Å². The molecule has 0 aliphatic rings. The molecule has 154 valence electrons. The fraction of sp³-hybridized carbons (Fsp3) is 0.478. The van der Waals surface area contributed by atoms with Gasteiger partial charge >= 0.3 is 5.97 Å². The molecule has 28 heavy (non-hydrogen) atoms. The van der Waals surface area contributed by atoms with Crippen LogP contribution in [0.2, 0.25) is 0 Å². The fourth-order valence-electron chi connectivity index (χ4n) is 2.60. The number of hydrogen-bond acceptors (Lipinski definition) is 4. The zero-order valence-electron chi connectivity index (χ0n) is 17.7. The Bertz CT molecular complexity index is 728. The summed E-state index contributed by atoms with van der Waals surface area (Å²) in [5.74, 6) is -0.865. The number of carboxylic acids is 1. The van der Waals surface area contributed by atoms with Gasteiger partial charge in [-0.05, 0) is 65.0 Å². The van der Waals surface area contributed by atoms with Crippen LogP contribution in [0.5, 0.6) is 5.75 Å². The van der Waals surface area contributed by atoms with Crippen LogP contribution in [0.4, 0.5) is 0 Å². The van der Waals surface area contributed by atoms with Crippen molar-refractivity contribution in [3.63, 3.8) is 0 Å². The van der Waals surface area contributed by atoms with Crippen LogP contribution in [0.15, 0.2) is 47.2 Å². The number of hydrogen-bond donors (Lipinski definition) is 1. The van der Waals surface area contributed by atoms with Crippen LogP contribution in [0.3, 0.4) is 0 Å². The first kappa shape index (κ1) is 23.6. The van der Waals surface area contributed by atoms with Gasteiger partial charge in [0.1, 0.15) is 0 Å². The lowest BCUT2D eigenvalue weighted by atomic mass is 10.1. The minimum atomic E-state index is -1.11. The van der Waals surface area contributed by atoms with E-state index in [-0.39, 0.29) is 11.4 Å². The van der Waals surface area contributed by atoms with E-state index in [4.69, 9.17) is 14.6 Å². The summed E-state index contributed by atoms with van der Waals surface area (Å²) in [7, 11) is 1.43. The molecule has 0 fully saturated rings. The van der Waals surface area contributed by atoms with Crippen molar-refractivity contribution in [1.29, 1.82) is 0 Å². The van der Waals surface area contributed by atoms with Crippen molar-refractivity contribution in [3.05, 3.63) is 58.5 Å². The van der Waals surface area contributed by atoms with Crippen LogP contribution in [-0.4, -0.2) is 29.8 Å². The van der Waals surface area contributed by atoms with E-state index in [1.54, 1.807) is 6.07 Å². The van der Waals surface area contributed by atoms with Crippen LogP contribution in [0.1, 0.15) is 69.4 Å². The number of rotatable bonds is 12. The van der Waals surface area contributed by atoms with Crippen LogP contribution in [0.25, 0.3) is 0 Å². The SMILES string of the molecule is COc1cc(COCC=C(C)CCC=C(C)CCC=C(C)C)cnc1C(=O)O. The highest BCUT2D eigenvalue weighted by Gasteiger charge is 2.13. The molecular formula is C23H33NO4. The molecule has 0 spiro atoms. The molecule has 0 aliphatic carbocycles. The lowest BCUT2D eigenvalue weighted by Crippen LogP contribution is -2.05. The van der Waals surface area contributed by atoms with Crippen LogP contribution in [-0.2, 0) is 11.3 Å². The number of methoxy groups -OCH3 is 1. The van der Waals surface area contributed by atoms with E-state index in [1.165, 1.54) is 30.0 Å². The van der Waals surface area contributed by atoms with E-state index in [9.17, 15) is 4.79 Å². The molecule has 1 N–H and O–H groups in total. The molecule has 1 heterocycles. The van der Waals surface area contributed by atoms with Gasteiger partial charge in [-0.25, -0.2) is 9.78 Å². The second-order valence-corrected chi connectivity index (χ2v) is 7.17. The number of aromatic nitrogens is 1. The van der Waals surface area contributed by atoms with Crippen molar-refractivity contribution in [2.45, 2.75) is 60.0 Å². The van der Waals surface area contributed by atoms with E-state index in [2.05, 4.69) is 50.9 Å². The fourth-order valence-corrected chi connectivity index (χ4v) is 2.60. The van der Waals surface area contributed by atoms with Gasteiger partial charge in [-0.15, -0.1) is 0 Å². The zero-order valence-corrected chi connectivity index (χ0v) is 17.7. The molecule has 0 aliphatic heterocycles. The van der Waals surface area contributed by atoms with Gasteiger partial charge in [-0.2, -0.15) is 0 Å². The highest BCUT2D eigenvalue weighted by molar-refractivity contribution is 5.88. The van der Waals surface area contributed by atoms with Gasteiger partial charge in [-0.3, -0.25) is 0 Å². The number of nitrogens with zero attached hydrogens (tertiary/aromatic N) is 1. The molecule has 0 radical (unpaired) electrons. The van der Waals surface area contributed by atoms with Gasteiger partial charge in [0.15, 0.2) is 11.4 Å². The standard InChI is InChI=1S/C23H33NO4/c1-17(2)8-6-9-18(3)10-7-11-19(4)12-13-28-16-20-14-21(27-5)22(23(25)26)24-15-20/h8,10,12,14-15H,6-7,9,11,13,16H2,1-5H3,(H,25,26). The second-order valence-electron chi connectivity index (χ2n) is 7.17. The molecule has 5 nitrogen and oxygen atoms in total. The highest BCUT2D eigenvalue weighted by Crippen LogP contribution is 2.18. The topological polar surface area (TPSA) is 68.7 Å². The van der Waals surface area contributed by atoms with Gasteiger partial charge in [0.2, 0.25) is 0 Å². The smallest absolute Gasteiger partial charge is 0.358 e. The van der Waals surface area contributed by atoms with Crippen molar-refractivity contribution in [1.82, 2.24) is 4.98 Å². The van der Waals surface area contributed by atoms with Gasteiger partial charge in [0, 0.05) is 6.20 Å². The molecule has 0 amide bonds. The van der Waals surface area contributed by atoms with Crippen molar-refractivity contribution >= 4 is 5.97 Å². The van der Waals surface area contributed by atoms with Crippen LogP contribution in [0, 0.1) is 0 Å². The number of carbonyl (C=O) groups is 1. The van der Waals surface area contributed by atoms with E-state index in [1.807, 2.05) is 0 Å². The Balaban J connectivity index is 2.37. The summed E-state index contributed by atoms with van der Waals surface area (Å²) in [4.78, 5) is 15.0. The lowest BCUT2D eigenvalue weighted by molar-refractivity contribution is 0.0686. The molecule has 0 saturated carbocycles. The number of aromatic carboxylic acids is 1. The predicted molar refractivity (Wildman–Crippen MR) is 113 cm³/mol. The Morgan fingerprint density at radius 3 is 2.32 bits per heavy atom. The summed E-state index contributed by atoms with van der Waals surface area (Å²) in [6, 6.07) is 1.65. The maximum absolute atomic E-state index is 11.0. The Kier molecular flexibility index (Phi) is 10.9. The van der Waals surface area contributed by atoms with Crippen LogP contribution >= 0.6 is 0 Å². The average Bonchev–Trinajstić information content (AvgIpc) is 2.64. The summed E-state index contributed by atoms with van der Waals surface area (Å²) in [5.41, 5.74) is 4.80. The molecule has 1 aromatic heterocycles. The second kappa shape index (κ2) is 12.9. The Morgan fingerprint density at radius 1 is 1.07 bits per heavy atom. The molecule has 0 atom stereocenters. The lowest BCUT2D eigenvalue weighted by Gasteiger charge is -2.07. The number of carboxylic acid groups (broad SMARTS) is 1. The minimum Gasteiger partial charge on any atom is -0.494 e. The summed E-state index contributed by atoms with van der Waals surface area (Å²) in [5, 5.41) is 9.04. The van der Waals surface area contributed by atoms with E-state index < -0.39 is 5.97 Å². The third-order valence-corrected chi connectivity index (χ3v) is 4.27. The Hall–Kier alpha value is -2.40. The third kappa shape index (κ3) is 9.51. The maximum Gasteiger partial charge on any atom is 0.358 e. The summed E-state index contributed by atoms with van der Waals surface area (Å²) < 4.78 is 10.7. The summed E-state index contributed by atoms with van der Waals surface area (Å²) in [6.45, 7) is 9.44. The molecule has 1 aromatic rings. The van der Waals surface area contributed by atoms with Gasteiger partial charge in [0.05, 0.1) is 20.3 Å². The molecule has 0 aromatic carbocycles. The van der Waals surface area contributed by atoms with E-state index >= 15 is 0 Å². The van der Waals surface area contributed by atoms with Crippen molar-refractivity contribution < 1.29 is 19.4 Å². The molecule has 5 heteroatoms. The average molecular weight is 388 g/mol. The quantitative estimate of drug-likeness (QED) is 0.367. The molecule has 0 saturated heterocycles. The first-order valence-corrected chi connectivity index (χ1v) is 9.62. The first-order chi connectivity index (χ1) is 13.3. The molecule has 0 bridgehead atoms. The maximum atomic E-state index is 11.0. The number of ether oxygens (including phenoxy) is 2. The van der Waals surface area contributed by atoms with Gasteiger partial charge in [0.25, 0.3) is 0 Å². The predicted octanol–water partition coefficient (Wildman–Crippen LogP) is 5.72.